The number of phenols is 1. The zero-order valence-electron chi connectivity index (χ0n) is 8.40. The van der Waals surface area contributed by atoms with Gasteiger partial charge < -0.3 is 5.11 Å². The highest BCUT2D eigenvalue weighted by atomic mass is 16.3. The Bertz CT molecular complexity index is 351. The fourth-order valence-electron chi connectivity index (χ4n) is 0.999. The Morgan fingerprint density at radius 3 is 2.71 bits per heavy atom. The van der Waals surface area contributed by atoms with Crippen LogP contribution in [0, 0.1) is 5.92 Å². The molecule has 1 aromatic carbocycles. The second-order valence-corrected chi connectivity index (χ2v) is 3.49. The lowest BCUT2D eigenvalue weighted by molar-refractivity contribution is -0.117. The molecule has 0 aliphatic heterocycles. The van der Waals surface area contributed by atoms with Gasteiger partial charge in [-0.2, -0.15) is 0 Å². The maximum Gasteiger partial charge on any atom is 0.158 e. The third-order valence-electron chi connectivity index (χ3n) is 1.88. The van der Waals surface area contributed by atoms with Crippen LogP contribution >= 0.6 is 0 Å². The van der Waals surface area contributed by atoms with Gasteiger partial charge in [0.05, 0.1) is 0 Å². The predicted molar refractivity (Wildman–Crippen MR) is 57.0 cm³/mol. The van der Waals surface area contributed by atoms with Crippen molar-refractivity contribution in [1.29, 1.82) is 0 Å². The number of benzene rings is 1. The molecule has 2 heteroatoms. The maximum absolute atomic E-state index is 11.3. The van der Waals surface area contributed by atoms with Crippen LogP contribution in [0.5, 0.6) is 5.75 Å². The van der Waals surface area contributed by atoms with Gasteiger partial charge in [-0.25, -0.2) is 0 Å². The third-order valence-corrected chi connectivity index (χ3v) is 1.88. The normalized spacial score (nSPS) is 11.1. The third kappa shape index (κ3) is 3.05. The molecule has 74 valence electrons. The first-order valence-corrected chi connectivity index (χ1v) is 4.60. The number of allylic oxidation sites excluding steroid dienone is 1. The fraction of sp³-hybridized carbons (Fsp3) is 0.250. The van der Waals surface area contributed by atoms with E-state index in [-0.39, 0.29) is 17.5 Å². The number of phenolic OH excluding ortho intramolecular Hbond substituents is 1. The highest BCUT2D eigenvalue weighted by molar-refractivity contribution is 5.94. The molecule has 0 aliphatic rings. The van der Waals surface area contributed by atoms with Crippen LogP contribution in [0.15, 0.2) is 30.3 Å². The second-order valence-electron chi connectivity index (χ2n) is 3.49. The Hall–Kier alpha value is -1.57. The summed E-state index contributed by atoms with van der Waals surface area (Å²) >= 11 is 0. The van der Waals surface area contributed by atoms with E-state index < -0.39 is 0 Å². The summed E-state index contributed by atoms with van der Waals surface area (Å²) in [6.07, 6.45) is 3.25. The van der Waals surface area contributed by atoms with Gasteiger partial charge in [0.2, 0.25) is 0 Å². The molecule has 0 spiro atoms. The monoisotopic (exact) mass is 190 g/mol. The Kier molecular flexibility index (Phi) is 3.46. The van der Waals surface area contributed by atoms with Crippen LogP contribution in [-0.2, 0) is 4.79 Å². The summed E-state index contributed by atoms with van der Waals surface area (Å²) in [5.41, 5.74) is 0.832. The van der Waals surface area contributed by atoms with Crippen molar-refractivity contribution in [2.45, 2.75) is 13.8 Å². The molecular weight excluding hydrogens is 176 g/mol. The molecule has 1 aromatic rings. The molecule has 0 aromatic heterocycles. The van der Waals surface area contributed by atoms with E-state index in [4.69, 9.17) is 5.11 Å². The molecule has 0 radical (unpaired) electrons. The van der Waals surface area contributed by atoms with E-state index in [1.165, 1.54) is 0 Å². The Labute approximate surface area is 83.9 Å². The van der Waals surface area contributed by atoms with Gasteiger partial charge in [-0.3, -0.25) is 4.79 Å². The van der Waals surface area contributed by atoms with Crippen LogP contribution in [0.25, 0.3) is 6.08 Å². The van der Waals surface area contributed by atoms with Crippen LogP contribution in [0.3, 0.4) is 0 Å². The molecule has 1 rings (SSSR count). The van der Waals surface area contributed by atoms with Crippen LogP contribution in [0.1, 0.15) is 19.4 Å². The molecule has 0 unspecified atom stereocenters. The average Bonchev–Trinajstić information content (AvgIpc) is 2.14. The van der Waals surface area contributed by atoms with E-state index in [0.29, 0.717) is 0 Å². The molecule has 0 fully saturated rings. The maximum atomic E-state index is 11.3. The number of rotatable bonds is 3. The second kappa shape index (κ2) is 4.61. The van der Waals surface area contributed by atoms with Gasteiger partial charge in [0.15, 0.2) is 5.78 Å². The molecule has 1 N–H and O–H groups in total. The standard InChI is InChI=1S/C12H14O2/c1-9(2)12(14)7-6-10-4-3-5-11(13)8-10/h3-9,13H,1-2H3/b7-6+. The minimum absolute atomic E-state index is 0.0172. The van der Waals surface area contributed by atoms with Gasteiger partial charge in [-0.05, 0) is 23.8 Å². The topological polar surface area (TPSA) is 37.3 Å². The molecule has 2 nitrogen and oxygen atoms in total. The molecule has 0 heterocycles. The van der Waals surface area contributed by atoms with Crippen molar-refractivity contribution in [3.05, 3.63) is 35.9 Å². The largest absolute Gasteiger partial charge is 0.508 e. The average molecular weight is 190 g/mol. The Balaban J connectivity index is 2.74. The first kappa shape index (κ1) is 10.5. The number of aromatic hydroxyl groups is 1. The smallest absolute Gasteiger partial charge is 0.158 e. The quantitative estimate of drug-likeness (QED) is 0.744. The molecule has 0 saturated carbocycles. The van der Waals surface area contributed by atoms with Gasteiger partial charge in [-0.1, -0.05) is 32.1 Å². The summed E-state index contributed by atoms with van der Waals surface area (Å²) in [6.45, 7) is 3.71. The number of carbonyl (C=O) groups is 1. The fourth-order valence-corrected chi connectivity index (χ4v) is 0.999. The molecular formula is C12H14O2. The van der Waals surface area contributed by atoms with Crippen molar-refractivity contribution in [3.63, 3.8) is 0 Å². The molecule has 0 aliphatic carbocycles. The van der Waals surface area contributed by atoms with E-state index in [0.717, 1.165) is 5.56 Å². The Morgan fingerprint density at radius 2 is 2.14 bits per heavy atom. The lowest BCUT2D eigenvalue weighted by Crippen LogP contribution is -2.01. The summed E-state index contributed by atoms with van der Waals surface area (Å²) in [6, 6.07) is 6.80. The van der Waals surface area contributed by atoms with Gasteiger partial charge in [-0.15, -0.1) is 0 Å². The predicted octanol–water partition coefficient (Wildman–Crippen LogP) is 2.63. The summed E-state index contributed by atoms with van der Waals surface area (Å²) in [5, 5.41) is 9.17. The minimum Gasteiger partial charge on any atom is -0.508 e. The van der Waals surface area contributed by atoms with Crippen molar-refractivity contribution in [3.8, 4) is 5.75 Å². The Morgan fingerprint density at radius 1 is 1.43 bits per heavy atom. The zero-order chi connectivity index (χ0) is 10.6. The lowest BCUT2D eigenvalue weighted by atomic mass is 10.1. The number of hydrogen-bond donors (Lipinski definition) is 1. The number of carbonyl (C=O) groups excluding carboxylic acids is 1. The minimum atomic E-state index is 0.0172. The first-order chi connectivity index (χ1) is 6.59. The van der Waals surface area contributed by atoms with E-state index in [2.05, 4.69) is 0 Å². The van der Waals surface area contributed by atoms with Crippen LogP contribution < -0.4 is 0 Å². The summed E-state index contributed by atoms with van der Waals surface area (Å²) in [7, 11) is 0. The number of hydrogen-bond acceptors (Lipinski definition) is 2. The molecule has 14 heavy (non-hydrogen) atoms. The summed E-state index contributed by atoms with van der Waals surface area (Å²) in [4.78, 5) is 11.3. The van der Waals surface area contributed by atoms with Gasteiger partial charge in [0.25, 0.3) is 0 Å². The van der Waals surface area contributed by atoms with E-state index >= 15 is 0 Å². The molecule has 0 amide bonds. The zero-order valence-corrected chi connectivity index (χ0v) is 8.40. The molecule has 0 atom stereocenters. The summed E-state index contributed by atoms with van der Waals surface area (Å²) in [5.74, 6) is 0.320. The lowest BCUT2D eigenvalue weighted by Gasteiger charge is -1.97. The number of ketones is 1. The van der Waals surface area contributed by atoms with Gasteiger partial charge in [0.1, 0.15) is 5.75 Å². The van der Waals surface area contributed by atoms with E-state index in [1.807, 2.05) is 19.9 Å². The first-order valence-electron chi connectivity index (χ1n) is 4.60. The van der Waals surface area contributed by atoms with Crippen LogP contribution in [0.4, 0.5) is 0 Å². The van der Waals surface area contributed by atoms with Crippen LogP contribution in [0.2, 0.25) is 0 Å². The van der Waals surface area contributed by atoms with Crippen molar-refractivity contribution in [1.82, 2.24) is 0 Å². The highest BCUT2D eigenvalue weighted by Crippen LogP contribution is 2.12. The molecule has 0 saturated heterocycles. The van der Waals surface area contributed by atoms with E-state index in [1.54, 1.807) is 30.4 Å². The van der Waals surface area contributed by atoms with Gasteiger partial charge >= 0.3 is 0 Å². The van der Waals surface area contributed by atoms with Crippen molar-refractivity contribution >= 4 is 11.9 Å². The van der Waals surface area contributed by atoms with Crippen molar-refractivity contribution < 1.29 is 9.90 Å². The summed E-state index contributed by atoms with van der Waals surface area (Å²) < 4.78 is 0. The SMILES string of the molecule is CC(C)C(=O)/C=C/c1cccc(O)c1. The van der Waals surface area contributed by atoms with Crippen molar-refractivity contribution in [2.24, 2.45) is 5.92 Å². The molecule has 0 bridgehead atoms. The van der Waals surface area contributed by atoms with Gasteiger partial charge in [0, 0.05) is 5.92 Å². The van der Waals surface area contributed by atoms with Crippen LogP contribution in [-0.4, -0.2) is 10.9 Å². The van der Waals surface area contributed by atoms with E-state index in [9.17, 15) is 4.79 Å². The van der Waals surface area contributed by atoms with Crippen molar-refractivity contribution in [2.75, 3.05) is 0 Å². The highest BCUT2D eigenvalue weighted by Gasteiger charge is 2.01.